The van der Waals surface area contributed by atoms with Gasteiger partial charge in [0.2, 0.25) is 11.9 Å². The van der Waals surface area contributed by atoms with Crippen LogP contribution >= 0.6 is 11.3 Å². The summed E-state index contributed by atoms with van der Waals surface area (Å²) in [6.45, 7) is 4.66. The molecule has 42 heavy (non-hydrogen) atoms. The summed E-state index contributed by atoms with van der Waals surface area (Å²) in [5, 5.41) is 3.28. The van der Waals surface area contributed by atoms with Crippen LogP contribution in [0.4, 0.5) is 23.1 Å². The van der Waals surface area contributed by atoms with Gasteiger partial charge in [-0.05, 0) is 55.8 Å². The normalized spacial score (nSPS) is 14.8. The van der Waals surface area contributed by atoms with Crippen LogP contribution in [0.25, 0.3) is 22.4 Å². The highest BCUT2D eigenvalue weighted by molar-refractivity contribution is 7.11. The number of methoxy groups -OCH3 is 1. The van der Waals surface area contributed by atoms with Crippen LogP contribution in [-0.2, 0) is 11.3 Å². The first-order chi connectivity index (χ1) is 20.3. The van der Waals surface area contributed by atoms with Gasteiger partial charge < -0.3 is 30.6 Å². The predicted octanol–water partition coefficient (Wildman–Crippen LogP) is 5.00. The largest absolute Gasteiger partial charge is 0.495 e. The maximum Gasteiger partial charge on any atom is 0.250 e. The molecule has 11 nitrogen and oxygen atoms in total. The number of likely N-dealkylation sites (N-methyl/N-ethyl adjacent to an activating group) is 1. The number of thiophene rings is 1. The Balaban J connectivity index is 1.33. The number of aromatic amines is 1. The van der Waals surface area contributed by atoms with Gasteiger partial charge in [-0.2, -0.15) is 4.98 Å². The van der Waals surface area contributed by atoms with Crippen LogP contribution in [0.5, 0.6) is 5.75 Å². The van der Waals surface area contributed by atoms with E-state index in [0.717, 1.165) is 10.4 Å². The number of primary amides is 1. The van der Waals surface area contributed by atoms with E-state index < -0.39 is 5.91 Å². The number of nitrogens with zero attached hydrogens (tertiary/aromatic N) is 5. The molecule has 2 aromatic carbocycles. The molecule has 1 atom stereocenters. The summed E-state index contributed by atoms with van der Waals surface area (Å²) in [5.41, 5.74) is 9.18. The fraction of sp³-hybridized carbons (Fsp3) is 0.233. The summed E-state index contributed by atoms with van der Waals surface area (Å²) in [6, 6.07) is 14.7. The molecule has 0 saturated carbocycles. The lowest BCUT2D eigenvalue weighted by Gasteiger charge is -2.40. The monoisotopic (exact) mass is 582 g/mol. The molecule has 0 spiro atoms. The third kappa shape index (κ3) is 4.79. The van der Waals surface area contributed by atoms with E-state index in [-0.39, 0.29) is 11.9 Å². The first kappa shape index (κ1) is 27.2. The standard InChI is InChI=1S/C30H30N8O3S/c1-5-22-29(40)37(3)23-14-32-30(36-28(23)38(22)15-18-11-9-16(2)42-18)34-20-12-10-17(13-24(20)41-4)27-33-21-8-6-7-19(26(31)39)25(21)35-27/h6-14,22H,5,15H2,1-4H3,(H2,31,39)(H,33,35)(H,32,34,36)/t22-/m1/s1. The molecule has 0 saturated heterocycles. The summed E-state index contributed by atoms with van der Waals surface area (Å²) in [4.78, 5) is 48.4. The molecule has 1 aliphatic heterocycles. The van der Waals surface area contributed by atoms with Crippen LogP contribution in [0.1, 0.15) is 33.5 Å². The molecule has 6 rings (SSSR count). The van der Waals surface area contributed by atoms with Gasteiger partial charge in [-0.15, -0.1) is 11.3 Å². The molecule has 12 heteroatoms. The SMILES string of the molecule is CC[C@@H]1C(=O)N(C)c2cnc(Nc3ccc(-c4nc5c(C(N)=O)cccc5[nH]4)cc3OC)nc2N1Cc1ccc(C)s1. The van der Waals surface area contributed by atoms with Crippen LogP contribution < -0.4 is 25.6 Å². The van der Waals surface area contributed by atoms with Crippen LogP contribution in [-0.4, -0.2) is 51.9 Å². The van der Waals surface area contributed by atoms with Crippen molar-refractivity contribution < 1.29 is 14.3 Å². The van der Waals surface area contributed by atoms with Crippen molar-refractivity contribution in [3.63, 3.8) is 0 Å². The number of carbonyl (C=O) groups is 2. The van der Waals surface area contributed by atoms with Gasteiger partial charge in [-0.25, -0.2) is 9.97 Å². The van der Waals surface area contributed by atoms with Crippen molar-refractivity contribution in [2.45, 2.75) is 32.9 Å². The van der Waals surface area contributed by atoms with Crippen molar-refractivity contribution in [3.05, 3.63) is 70.0 Å². The highest BCUT2D eigenvalue weighted by Crippen LogP contribution is 2.38. The van der Waals surface area contributed by atoms with Gasteiger partial charge in [-0.3, -0.25) is 9.59 Å². The van der Waals surface area contributed by atoms with E-state index in [2.05, 4.69) is 44.2 Å². The topological polar surface area (TPSA) is 142 Å². The third-order valence-corrected chi connectivity index (χ3v) is 8.37. The van der Waals surface area contributed by atoms with E-state index in [4.69, 9.17) is 15.5 Å². The Morgan fingerprint density at radius 2 is 2.02 bits per heavy atom. The Hall–Kier alpha value is -4.97. The first-order valence-electron chi connectivity index (χ1n) is 13.5. The summed E-state index contributed by atoms with van der Waals surface area (Å²) >= 11 is 1.71. The minimum atomic E-state index is -0.536. The molecular weight excluding hydrogens is 552 g/mol. The van der Waals surface area contributed by atoms with Crippen LogP contribution in [0, 0.1) is 6.92 Å². The number of H-pyrrole nitrogens is 1. The highest BCUT2D eigenvalue weighted by atomic mass is 32.1. The smallest absolute Gasteiger partial charge is 0.250 e. The molecule has 3 aromatic heterocycles. The minimum absolute atomic E-state index is 0.0216. The molecule has 0 bridgehead atoms. The van der Waals surface area contributed by atoms with Gasteiger partial charge in [0.1, 0.15) is 28.8 Å². The Morgan fingerprint density at radius 3 is 2.74 bits per heavy atom. The lowest BCUT2D eigenvalue weighted by molar-refractivity contribution is -0.120. The predicted molar refractivity (Wildman–Crippen MR) is 165 cm³/mol. The first-order valence-corrected chi connectivity index (χ1v) is 14.3. The van der Waals surface area contributed by atoms with Crippen LogP contribution in [0.15, 0.2) is 54.7 Å². The Labute approximate surface area is 246 Å². The number of hydrogen-bond donors (Lipinski definition) is 3. The summed E-state index contributed by atoms with van der Waals surface area (Å²) in [5.74, 6) is 1.68. The zero-order chi connectivity index (χ0) is 29.5. The maximum atomic E-state index is 13.2. The molecule has 5 aromatic rings. The average Bonchev–Trinajstić information content (AvgIpc) is 3.61. The molecule has 2 amide bonds. The van der Waals surface area contributed by atoms with E-state index in [1.165, 1.54) is 4.88 Å². The van der Waals surface area contributed by atoms with Crippen LogP contribution in [0.2, 0.25) is 0 Å². The molecule has 4 heterocycles. The van der Waals surface area contributed by atoms with E-state index in [1.54, 1.807) is 48.7 Å². The number of carbonyl (C=O) groups excluding carboxylic acids is 2. The van der Waals surface area contributed by atoms with Crippen molar-refractivity contribution >= 4 is 57.3 Å². The molecule has 0 aliphatic carbocycles. The number of ether oxygens (including phenoxy) is 1. The van der Waals surface area contributed by atoms with Crippen molar-refractivity contribution in [1.82, 2.24) is 19.9 Å². The van der Waals surface area contributed by atoms with Crippen molar-refractivity contribution in [2.24, 2.45) is 5.73 Å². The Morgan fingerprint density at radius 1 is 1.19 bits per heavy atom. The van der Waals surface area contributed by atoms with Crippen LogP contribution in [0.3, 0.4) is 0 Å². The van der Waals surface area contributed by atoms with Gasteiger partial charge in [0, 0.05) is 22.4 Å². The fourth-order valence-electron chi connectivity index (χ4n) is 5.25. The average molecular weight is 583 g/mol. The molecule has 1 aliphatic rings. The number of nitrogens with one attached hydrogen (secondary N) is 2. The Bertz CT molecular complexity index is 1830. The van der Waals surface area contributed by atoms with Crippen molar-refractivity contribution in [2.75, 3.05) is 29.3 Å². The molecule has 0 radical (unpaired) electrons. The second-order valence-corrected chi connectivity index (χ2v) is 11.4. The molecule has 4 N–H and O–H groups in total. The second kappa shape index (κ2) is 10.8. The highest BCUT2D eigenvalue weighted by Gasteiger charge is 2.37. The van der Waals surface area contributed by atoms with Gasteiger partial charge in [0.15, 0.2) is 5.82 Å². The number of aryl methyl sites for hydroxylation is 1. The van der Waals surface area contributed by atoms with Gasteiger partial charge in [0.05, 0.1) is 36.6 Å². The molecule has 0 unspecified atom stereocenters. The number of anilines is 4. The third-order valence-electron chi connectivity index (χ3n) is 7.38. The Kier molecular flexibility index (Phi) is 6.99. The summed E-state index contributed by atoms with van der Waals surface area (Å²) in [6.07, 6.45) is 2.32. The second-order valence-electron chi connectivity index (χ2n) is 10.1. The zero-order valence-electron chi connectivity index (χ0n) is 23.6. The van der Waals surface area contributed by atoms with E-state index >= 15 is 0 Å². The quantitative estimate of drug-likeness (QED) is 0.232. The number of imidazole rings is 1. The molecule has 0 fully saturated rings. The van der Waals surface area contributed by atoms with Gasteiger partial charge in [0.25, 0.3) is 5.91 Å². The van der Waals surface area contributed by atoms with E-state index in [1.807, 2.05) is 31.2 Å². The lowest BCUT2D eigenvalue weighted by atomic mass is 10.1. The summed E-state index contributed by atoms with van der Waals surface area (Å²) in [7, 11) is 3.35. The molecule has 214 valence electrons. The minimum Gasteiger partial charge on any atom is -0.495 e. The van der Waals surface area contributed by atoms with E-state index in [9.17, 15) is 9.59 Å². The van der Waals surface area contributed by atoms with Crippen molar-refractivity contribution in [1.29, 1.82) is 0 Å². The number of rotatable bonds is 8. The number of aromatic nitrogens is 4. The fourth-order valence-corrected chi connectivity index (χ4v) is 6.14. The van der Waals surface area contributed by atoms with Gasteiger partial charge in [-0.1, -0.05) is 13.0 Å². The zero-order valence-corrected chi connectivity index (χ0v) is 24.5. The lowest BCUT2D eigenvalue weighted by Crippen LogP contribution is -2.52. The number of hydrogen-bond acceptors (Lipinski definition) is 9. The van der Waals surface area contributed by atoms with Crippen molar-refractivity contribution in [3.8, 4) is 17.1 Å². The molecular formula is C30H30N8O3S. The number of para-hydroxylation sites is 1. The summed E-state index contributed by atoms with van der Waals surface area (Å²) < 4.78 is 5.70. The van der Waals surface area contributed by atoms with E-state index in [0.29, 0.717) is 64.3 Å². The number of amides is 2. The van der Waals surface area contributed by atoms with Gasteiger partial charge >= 0.3 is 0 Å². The number of nitrogens with two attached hydrogens (primary N) is 1. The number of fused-ring (bicyclic) bond motifs is 2. The number of benzene rings is 2. The maximum absolute atomic E-state index is 13.2.